The van der Waals surface area contributed by atoms with Gasteiger partial charge in [0.2, 0.25) is 0 Å². The maximum absolute atomic E-state index is 6.21. The minimum atomic E-state index is 0.809. The highest BCUT2D eigenvalue weighted by molar-refractivity contribution is 7.28. The molecule has 2 aromatic rings. The van der Waals surface area contributed by atoms with Crippen LogP contribution in [0.3, 0.4) is 0 Å². The maximum atomic E-state index is 6.21. The van der Waals surface area contributed by atoms with Gasteiger partial charge in [0.15, 0.2) is 0 Å². The van der Waals surface area contributed by atoms with E-state index in [0.29, 0.717) is 0 Å². The molecule has 0 N–H and O–H groups in total. The molecule has 0 nitrogen and oxygen atoms in total. The number of hydrogen-bond donors (Lipinski definition) is 0. The van der Waals surface area contributed by atoms with Crippen LogP contribution < -0.4 is 5.30 Å². The topological polar surface area (TPSA) is 0 Å². The summed E-state index contributed by atoms with van der Waals surface area (Å²) in [7, 11) is 2.64. The molecule has 0 aliphatic rings. The molecular formula is C12H10ClP. The van der Waals surface area contributed by atoms with Crippen LogP contribution in [0.2, 0.25) is 5.02 Å². The van der Waals surface area contributed by atoms with E-state index in [0.717, 1.165) is 21.5 Å². The van der Waals surface area contributed by atoms with E-state index in [1.807, 2.05) is 36.4 Å². The summed E-state index contributed by atoms with van der Waals surface area (Å²) in [6.45, 7) is 0. The van der Waals surface area contributed by atoms with Gasteiger partial charge in [0.05, 0.1) is 5.02 Å². The summed E-state index contributed by atoms with van der Waals surface area (Å²) in [6.07, 6.45) is 0. The molecule has 0 aromatic heterocycles. The summed E-state index contributed by atoms with van der Waals surface area (Å²) < 4.78 is 0. The zero-order valence-electron chi connectivity index (χ0n) is 7.57. The van der Waals surface area contributed by atoms with E-state index in [1.165, 1.54) is 0 Å². The first-order chi connectivity index (χ1) is 6.79. The largest absolute Gasteiger partial charge is 0.104 e. The van der Waals surface area contributed by atoms with Crippen molar-refractivity contribution in [3.8, 4) is 11.1 Å². The van der Waals surface area contributed by atoms with Crippen molar-refractivity contribution in [1.82, 2.24) is 0 Å². The van der Waals surface area contributed by atoms with E-state index >= 15 is 0 Å². The molecule has 2 aromatic carbocycles. The van der Waals surface area contributed by atoms with Gasteiger partial charge in [-0.05, 0) is 10.9 Å². The Balaban J connectivity index is 2.58. The average molecular weight is 221 g/mol. The molecule has 0 bridgehead atoms. The maximum Gasteiger partial charge on any atom is 0.0555 e. The predicted molar refractivity (Wildman–Crippen MR) is 66.2 cm³/mol. The van der Waals surface area contributed by atoms with Crippen molar-refractivity contribution in [1.29, 1.82) is 0 Å². The summed E-state index contributed by atoms with van der Waals surface area (Å²) in [5.74, 6) is 0. The van der Waals surface area contributed by atoms with Crippen LogP contribution in [0.15, 0.2) is 48.5 Å². The van der Waals surface area contributed by atoms with Gasteiger partial charge in [0, 0.05) is 5.56 Å². The van der Waals surface area contributed by atoms with Gasteiger partial charge in [0.1, 0.15) is 0 Å². The second-order valence-corrected chi connectivity index (χ2v) is 4.07. The SMILES string of the molecule is Pc1cccc(-c2ccccc2)c1Cl. The van der Waals surface area contributed by atoms with Crippen LogP contribution in [0.1, 0.15) is 0 Å². The number of rotatable bonds is 1. The van der Waals surface area contributed by atoms with Gasteiger partial charge in [-0.2, -0.15) is 0 Å². The molecule has 0 amide bonds. The monoisotopic (exact) mass is 220 g/mol. The van der Waals surface area contributed by atoms with E-state index in [9.17, 15) is 0 Å². The standard InChI is InChI=1S/C12H10ClP/c13-12-10(7-4-8-11(12)14)9-5-2-1-3-6-9/h1-8H,14H2. The first-order valence-corrected chi connectivity index (χ1v) is 5.34. The van der Waals surface area contributed by atoms with Gasteiger partial charge >= 0.3 is 0 Å². The van der Waals surface area contributed by atoms with E-state index in [-0.39, 0.29) is 0 Å². The van der Waals surface area contributed by atoms with Gasteiger partial charge in [-0.25, -0.2) is 0 Å². The zero-order chi connectivity index (χ0) is 9.97. The Hall–Kier alpha value is -0.840. The van der Waals surface area contributed by atoms with Crippen LogP contribution in [-0.2, 0) is 0 Å². The lowest BCUT2D eigenvalue weighted by molar-refractivity contribution is 1.64. The van der Waals surface area contributed by atoms with Crippen LogP contribution in [0.4, 0.5) is 0 Å². The Labute approximate surface area is 91.1 Å². The molecule has 2 rings (SSSR count). The third-order valence-corrected chi connectivity index (χ3v) is 3.20. The Bertz CT molecular complexity index is 437. The first-order valence-electron chi connectivity index (χ1n) is 4.38. The van der Waals surface area contributed by atoms with Crippen molar-refractivity contribution in [2.45, 2.75) is 0 Å². The van der Waals surface area contributed by atoms with Gasteiger partial charge < -0.3 is 0 Å². The highest BCUT2D eigenvalue weighted by Gasteiger charge is 2.03. The average Bonchev–Trinajstić information content (AvgIpc) is 2.23. The van der Waals surface area contributed by atoms with Crippen LogP contribution in [-0.4, -0.2) is 0 Å². The molecule has 0 aliphatic carbocycles. The van der Waals surface area contributed by atoms with Crippen molar-refractivity contribution < 1.29 is 0 Å². The van der Waals surface area contributed by atoms with Gasteiger partial charge in [-0.15, -0.1) is 9.24 Å². The molecule has 1 unspecified atom stereocenters. The first kappa shape index (κ1) is 9.71. The van der Waals surface area contributed by atoms with Gasteiger partial charge in [-0.3, -0.25) is 0 Å². The van der Waals surface area contributed by atoms with Crippen molar-refractivity contribution in [2.24, 2.45) is 0 Å². The fourth-order valence-electron chi connectivity index (χ4n) is 1.39. The Morgan fingerprint density at radius 3 is 2.29 bits per heavy atom. The van der Waals surface area contributed by atoms with Crippen molar-refractivity contribution in [3.05, 3.63) is 53.6 Å². The lowest BCUT2D eigenvalue weighted by Crippen LogP contribution is -1.93. The van der Waals surface area contributed by atoms with E-state index < -0.39 is 0 Å². The van der Waals surface area contributed by atoms with Gasteiger partial charge in [-0.1, -0.05) is 60.1 Å². The molecule has 1 atom stereocenters. The number of benzene rings is 2. The Morgan fingerprint density at radius 2 is 1.57 bits per heavy atom. The highest BCUT2D eigenvalue weighted by atomic mass is 35.5. The Morgan fingerprint density at radius 1 is 0.857 bits per heavy atom. The molecule has 0 aliphatic heterocycles. The fourth-order valence-corrected chi connectivity index (χ4v) is 1.89. The molecule has 70 valence electrons. The van der Waals surface area contributed by atoms with E-state index in [4.69, 9.17) is 11.6 Å². The smallest absolute Gasteiger partial charge is 0.0555 e. The van der Waals surface area contributed by atoms with E-state index in [2.05, 4.69) is 21.4 Å². The number of halogens is 1. The quantitative estimate of drug-likeness (QED) is 0.646. The third-order valence-electron chi connectivity index (χ3n) is 2.11. The molecule has 0 radical (unpaired) electrons. The molecule has 0 saturated carbocycles. The third kappa shape index (κ3) is 1.82. The zero-order valence-corrected chi connectivity index (χ0v) is 9.48. The molecule has 0 heterocycles. The van der Waals surface area contributed by atoms with Crippen LogP contribution >= 0.6 is 20.8 Å². The number of hydrogen-bond acceptors (Lipinski definition) is 0. The second-order valence-electron chi connectivity index (χ2n) is 3.07. The summed E-state index contributed by atoms with van der Waals surface area (Å²) in [6, 6.07) is 16.2. The van der Waals surface area contributed by atoms with Crippen molar-refractivity contribution >= 4 is 26.1 Å². The molecule has 0 spiro atoms. The lowest BCUT2D eigenvalue weighted by atomic mass is 10.1. The minimum Gasteiger partial charge on any atom is -0.104 e. The fraction of sp³-hybridized carbons (Fsp3) is 0. The minimum absolute atomic E-state index is 0.809. The molecule has 2 heteroatoms. The van der Waals surface area contributed by atoms with Crippen molar-refractivity contribution in [3.63, 3.8) is 0 Å². The molecule has 14 heavy (non-hydrogen) atoms. The normalized spacial score (nSPS) is 10.1. The van der Waals surface area contributed by atoms with Crippen LogP contribution in [0.25, 0.3) is 11.1 Å². The summed E-state index contributed by atoms with van der Waals surface area (Å²) in [5.41, 5.74) is 2.24. The van der Waals surface area contributed by atoms with Crippen LogP contribution in [0, 0.1) is 0 Å². The second kappa shape index (κ2) is 4.13. The van der Waals surface area contributed by atoms with E-state index in [1.54, 1.807) is 0 Å². The molecule has 0 fully saturated rings. The summed E-state index contributed by atoms with van der Waals surface area (Å²) in [5, 5.41) is 1.84. The van der Waals surface area contributed by atoms with Crippen LogP contribution in [0.5, 0.6) is 0 Å². The summed E-state index contributed by atoms with van der Waals surface area (Å²) >= 11 is 6.21. The van der Waals surface area contributed by atoms with Crippen molar-refractivity contribution in [2.75, 3.05) is 0 Å². The Kier molecular flexibility index (Phi) is 2.86. The summed E-state index contributed by atoms with van der Waals surface area (Å²) in [4.78, 5) is 0. The molecule has 0 saturated heterocycles. The lowest BCUT2D eigenvalue weighted by Gasteiger charge is -2.05. The predicted octanol–water partition coefficient (Wildman–Crippen LogP) is 3.51. The van der Waals surface area contributed by atoms with Gasteiger partial charge in [0.25, 0.3) is 0 Å². The molecular weight excluding hydrogens is 211 g/mol. The highest BCUT2D eigenvalue weighted by Crippen LogP contribution is 2.26.